The number of carbonyl (C=O) groups excluding carboxylic acids is 1. The van der Waals surface area contributed by atoms with Crippen molar-refractivity contribution in [2.24, 2.45) is 5.73 Å². The van der Waals surface area contributed by atoms with E-state index >= 15 is 0 Å². The number of aliphatic hydroxyl groups is 3. The molecule has 1 amide bonds. The quantitative estimate of drug-likeness (QED) is 0.291. The molecule has 0 bridgehead atoms. The smallest absolute Gasteiger partial charge is 0.248 e. The van der Waals surface area contributed by atoms with Crippen molar-refractivity contribution >= 4 is 29.3 Å². The molecule has 1 aliphatic rings. The molecule has 4 rings (SSSR count). The summed E-state index contributed by atoms with van der Waals surface area (Å²) in [7, 11) is 0. The van der Waals surface area contributed by atoms with E-state index in [1.165, 1.54) is 12.1 Å². The van der Waals surface area contributed by atoms with Crippen molar-refractivity contribution in [1.82, 2.24) is 0 Å². The van der Waals surface area contributed by atoms with Gasteiger partial charge in [0.2, 0.25) is 5.91 Å². The molecule has 1 heterocycles. The summed E-state index contributed by atoms with van der Waals surface area (Å²) in [4.78, 5) is 11.6. The van der Waals surface area contributed by atoms with Gasteiger partial charge in [0, 0.05) is 33.2 Å². The summed E-state index contributed by atoms with van der Waals surface area (Å²) < 4.78 is 25.7. The van der Waals surface area contributed by atoms with Gasteiger partial charge in [-0.3, -0.25) is 4.79 Å². The molecule has 1 aliphatic heterocycles. The zero-order valence-electron chi connectivity index (χ0n) is 20.6. The lowest BCUT2D eigenvalue weighted by molar-refractivity contribution is -0.303. The highest BCUT2D eigenvalue weighted by Crippen LogP contribution is 2.39. The molecule has 0 saturated carbocycles. The molecular weight excluding hydrogens is 533 g/mol. The zero-order valence-corrected chi connectivity index (χ0v) is 22.2. The highest BCUT2D eigenvalue weighted by molar-refractivity contribution is 7.99. The second-order valence-electron chi connectivity index (χ2n) is 9.08. The van der Waals surface area contributed by atoms with Gasteiger partial charge >= 0.3 is 0 Å². The van der Waals surface area contributed by atoms with E-state index in [0.717, 1.165) is 34.7 Å². The molecule has 4 atom stereocenters. The molecule has 0 aliphatic carbocycles. The monoisotopic (exact) mass is 561 g/mol. The Hall–Kier alpha value is -2.66. The van der Waals surface area contributed by atoms with Crippen LogP contribution in [-0.2, 0) is 16.9 Å². The Morgan fingerprint density at radius 3 is 2.61 bits per heavy atom. The largest absolute Gasteiger partial charge is 0.494 e. The van der Waals surface area contributed by atoms with Crippen LogP contribution >= 0.6 is 23.4 Å². The van der Waals surface area contributed by atoms with E-state index in [1.54, 1.807) is 18.2 Å². The van der Waals surface area contributed by atoms with Crippen molar-refractivity contribution < 1.29 is 34.0 Å². The minimum Gasteiger partial charge on any atom is -0.494 e. The van der Waals surface area contributed by atoms with Crippen LogP contribution in [0.1, 0.15) is 40.4 Å². The predicted octanol–water partition coefficient (Wildman–Crippen LogP) is 4.02. The standard InChI is InChI=1S/C28H29ClFNO6S/c1-2-36-20-7-3-16(4-8-20)11-18-12-19(6-9-21(18)29)28(35)14-23(32)26(33)24(37-28)15-38-25-13-17(27(31)34)5-10-22(25)30/h3-10,12-13,23-24,26,32-33,35H,2,11,14-15H2,1H3,(H2,31,34)/t23-,24-,26+,28+/m1/s1. The fourth-order valence-electron chi connectivity index (χ4n) is 4.32. The number of thioether (sulfide) groups is 1. The van der Waals surface area contributed by atoms with E-state index in [9.17, 15) is 24.5 Å². The van der Waals surface area contributed by atoms with Gasteiger partial charge in [-0.05, 0) is 66.9 Å². The van der Waals surface area contributed by atoms with Crippen LogP contribution in [0.2, 0.25) is 5.02 Å². The number of hydrogen-bond acceptors (Lipinski definition) is 7. The number of primary amides is 1. The molecule has 0 aromatic heterocycles. The average Bonchev–Trinajstić information content (AvgIpc) is 2.88. The van der Waals surface area contributed by atoms with Crippen molar-refractivity contribution in [2.75, 3.05) is 12.4 Å². The molecule has 10 heteroatoms. The summed E-state index contributed by atoms with van der Waals surface area (Å²) in [5, 5.41) is 33.1. The topological polar surface area (TPSA) is 122 Å². The molecule has 0 unspecified atom stereocenters. The van der Waals surface area contributed by atoms with Crippen molar-refractivity contribution in [3.63, 3.8) is 0 Å². The number of hydrogen-bond donors (Lipinski definition) is 4. The summed E-state index contributed by atoms with van der Waals surface area (Å²) in [6, 6.07) is 16.3. The Morgan fingerprint density at radius 1 is 1.18 bits per heavy atom. The normalized spacial score (nSPS) is 23.3. The first-order valence-corrected chi connectivity index (χ1v) is 13.4. The van der Waals surface area contributed by atoms with Gasteiger partial charge < -0.3 is 30.5 Å². The fourth-order valence-corrected chi connectivity index (χ4v) is 5.53. The minimum atomic E-state index is -1.92. The number of nitrogens with two attached hydrogens (primary N) is 1. The van der Waals surface area contributed by atoms with Gasteiger partial charge in [0.15, 0.2) is 5.79 Å². The fraction of sp³-hybridized carbons (Fsp3) is 0.321. The molecule has 0 spiro atoms. The van der Waals surface area contributed by atoms with Crippen LogP contribution in [-0.4, -0.2) is 51.9 Å². The number of ether oxygens (including phenoxy) is 2. The van der Waals surface area contributed by atoms with Crippen LogP contribution in [0.5, 0.6) is 5.75 Å². The maximum Gasteiger partial charge on any atom is 0.248 e. The molecule has 0 radical (unpaired) electrons. The van der Waals surface area contributed by atoms with Crippen molar-refractivity contribution in [1.29, 1.82) is 0 Å². The number of halogens is 2. The summed E-state index contributed by atoms with van der Waals surface area (Å²) in [5.41, 5.74) is 7.51. The highest BCUT2D eigenvalue weighted by Gasteiger charge is 2.46. The van der Waals surface area contributed by atoms with Gasteiger partial charge in [-0.1, -0.05) is 29.8 Å². The minimum absolute atomic E-state index is 0.00764. The Balaban J connectivity index is 1.53. The van der Waals surface area contributed by atoms with E-state index in [4.69, 9.17) is 26.8 Å². The molecule has 3 aromatic rings. The van der Waals surface area contributed by atoms with E-state index in [1.807, 2.05) is 31.2 Å². The molecule has 5 N–H and O–H groups in total. The van der Waals surface area contributed by atoms with E-state index in [0.29, 0.717) is 23.6 Å². The van der Waals surface area contributed by atoms with E-state index in [-0.39, 0.29) is 22.6 Å². The third kappa shape index (κ3) is 6.48. The second kappa shape index (κ2) is 12.0. The molecule has 3 aromatic carbocycles. The van der Waals surface area contributed by atoms with Gasteiger partial charge in [-0.25, -0.2) is 4.39 Å². The molecular formula is C28H29ClFNO6S. The summed E-state index contributed by atoms with van der Waals surface area (Å²) in [5.74, 6) is -2.44. The van der Waals surface area contributed by atoms with Gasteiger partial charge in [0.05, 0.1) is 18.8 Å². The molecule has 7 nitrogen and oxygen atoms in total. The summed E-state index contributed by atoms with van der Waals surface area (Å²) in [6.07, 6.45) is -3.46. The van der Waals surface area contributed by atoms with Gasteiger partial charge in [0.1, 0.15) is 17.7 Å². The van der Waals surface area contributed by atoms with E-state index < -0.39 is 35.8 Å². The zero-order chi connectivity index (χ0) is 27.4. The lowest BCUT2D eigenvalue weighted by atomic mass is 9.90. The maximum absolute atomic E-state index is 14.3. The van der Waals surface area contributed by atoms with Gasteiger partial charge in [0.25, 0.3) is 0 Å². The summed E-state index contributed by atoms with van der Waals surface area (Å²) in [6.45, 7) is 2.48. The Morgan fingerprint density at radius 2 is 1.92 bits per heavy atom. The molecule has 38 heavy (non-hydrogen) atoms. The van der Waals surface area contributed by atoms with Crippen LogP contribution < -0.4 is 10.5 Å². The Kier molecular flexibility index (Phi) is 8.97. The summed E-state index contributed by atoms with van der Waals surface area (Å²) >= 11 is 7.43. The maximum atomic E-state index is 14.3. The third-order valence-corrected chi connectivity index (χ3v) is 7.84. The van der Waals surface area contributed by atoms with Crippen LogP contribution in [0.3, 0.4) is 0 Å². The first-order chi connectivity index (χ1) is 18.1. The van der Waals surface area contributed by atoms with Crippen molar-refractivity contribution in [3.8, 4) is 5.75 Å². The van der Waals surface area contributed by atoms with Gasteiger partial charge in [-0.15, -0.1) is 11.8 Å². The SMILES string of the molecule is CCOc1ccc(Cc2cc([C@]3(O)C[C@@H](O)[C@H](O)[C@@H](CSc4cc(C(N)=O)ccc4F)O3)ccc2Cl)cc1. The average molecular weight is 562 g/mol. The van der Waals surface area contributed by atoms with E-state index in [2.05, 4.69) is 0 Å². The lowest BCUT2D eigenvalue weighted by Crippen LogP contribution is -2.54. The number of benzene rings is 3. The number of carbonyl (C=O) groups is 1. The molecule has 202 valence electrons. The van der Waals surface area contributed by atoms with Crippen LogP contribution in [0, 0.1) is 5.82 Å². The van der Waals surface area contributed by atoms with Crippen LogP contribution in [0.4, 0.5) is 4.39 Å². The number of amides is 1. The van der Waals surface area contributed by atoms with Gasteiger partial charge in [-0.2, -0.15) is 0 Å². The lowest BCUT2D eigenvalue weighted by Gasteiger charge is -2.42. The third-order valence-electron chi connectivity index (χ3n) is 6.35. The first kappa shape index (κ1) is 28.4. The van der Waals surface area contributed by atoms with Crippen molar-refractivity contribution in [2.45, 2.75) is 48.8 Å². The van der Waals surface area contributed by atoms with Crippen molar-refractivity contribution in [3.05, 3.63) is 93.8 Å². The second-order valence-corrected chi connectivity index (χ2v) is 10.6. The van der Waals surface area contributed by atoms with Crippen LogP contribution in [0.15, 0.2) is 65.6 Å². The first-order valence-electron chi connectivity index (χ1n) is 12.1. The highest BCUT2D eigenvalue weighted by atomic mass is 35.5. The molecule has 1 fully saturated rings. The number of aliphatic hydroxyl groups excluding tert-OH is 2. The Bertz CT molecular complexity index is 1290. The predicted molar refractivity (Wildman–Crippen MR) is 143 cm³/mol. The Labute approximate surface area is 229 Å². The van der Waals surface area contributed by atoms with Crippen LogP contribution in [0.25, 0.3) is 0 Å². The number of rotatable bonds is 9. The molecule has 1 saturated heterocycles.